The van der Waals surface area contributed by atoms with Crippen molar-refractivity contribution in [2.24, 2.45) is 0 Å². The maximum Gasteiger partial charge on any atom is 0.164 e. The Hall–Kier alpha value is -1.76. The Morgan fingerprint density at radius 1 is 1.27 bits per heavy atom. The van der Waals surface area contributed by atoms with Crippen LogP contribution in [0.1, 0.15) is 0 Å². The van der Waals surface area contributed by atoms with Crippen LogP contribution in [0.5, 0.6) is 17.2 Å². The fourth-order valence-corrected chi connectivity index (χ4v) is 1.74. The summed E-state index contributed by atoms with van der Waals surface area (Å²) in [5, 5.41) is 12.7. The molecule has 0 aliphatic heterocycles. The zero-order valence-electron chi connectivity index (χ0n) is 13.2. The van der Waals surface area contributed by atoms with E-state index in [1.54, 1.807) is 32.4 Å². The van der Waals surface area contributed by atoms with Crippen molar-refractivity contribution in [1.82, 2.24) is 5.32 Å². The maximum atomic E-state index is 9.64. The molecule has 2 N–H and O–H groups in total. The van der Waals surface area contributed by atoms with Crippen LogP contribution in [0.2, 0.25) is 0 Å². The lowest BCUT2D eigenvalue weighted by Gasteiger charge is -2.14. The topological polar surface area (TPSA) is 69.2 Å². The third kappa shape index (κ3) is 6.80. The average molecular weight is 311 g/mol. The standard InChI is InChI=1S/C16H25NO5/c1-4-8-21-12-13(18)11-17-7-9-22-16-10-14(19-2)5-6-15(16)20-3/h4-6,10,13,17-18H,1,7-9,11-12H2,2-3H3/t13-/m0/s1. The maximum absolute atomic E-state index is 9.64. The molecule has 0 unspecified atom stereocenters. The molecule has 0 aliphatic carbocycles. The molecule has 124 valence electrons. The summed E-state index contributed by atoms with van der Waals surface area (Å²) in [6.45, 7) is 5.75. The van der Waals surface area contributed by atoms with E-state index >= 15 is 0 Å². The summed E-state index contributed by atoms with van der Waals surface area (Å²) in [7, 11) is 3.19. The quantitative estimate of drug-likeness (QED) is 0.447. The van der Waals surface area contributed by atoms with Crippen LogP contribution >= 0.6 is 0 Å². The van der Waals surface area contributed by atoms with Crippen molar-refractivity contribution in [2.75, 3.05) is 47.1 Å². The Labute approximate surface area is 131 Å². The second-order valence-electron chi connectivity index (χ2n) is 4.55. The van der Waals surface area contributed by atoms with Crippen molar-refractivity contribution in [3.05, 3.63) is 30.9 Å². The summed E-state index contributed by atoms with van der Waals surface area (Å²) in [6.07, 6.45) is 1.10. The van der Waals surface area contributed by atoms with E-state index in [9.17, 15) is 5.11 Å². The van der Waals surface area contributed by atoms with Gasteiger partial charge >= 0.3 is 0 Å². The zero-order valence-corrected chi connectivity index (χ0v) is 13.2. The second kappa shape index (κ2) is 10.9. The Bertz CT molecular complexity index is 439. The van der Waals surface area contributed by atoms with Gasteiger partial charge in [0.15, 0.2) is 11.5 Å². The minimum Gasteiger partial charge on any atom is -0.497 e. The van der Waals surface area contributed by atoms with Crippen molar-refractivity contribution in [3.63, 3.8) is 0 Å². The molecule has 1 aromatic rings. The number of nitrogens with one attached hydrogen (secondary N) is 1. The number of aliphatic hydroxyl groups is 1. The van der Waals surface area contributed by atoms with Crippen LogP contribution in [0, 0.1) is 0 Å². The highest BCUT2D eigenvalue weighted by Gasteiger charge is 2.07. The van der Waals surface area contributed by atoms with Gasteiger partial charge in [-0.1, -0.05) is 6.08 Å². The van der Waals surface area contributed by atoms with Crippen LogP contribution in [-0.2, 0) is 4.74 Å². The van der Waals surface area contributed by atoms with Crippen LogP contribution in [0.15, 0.2) is 30.9 Å². The molecule has 0 aromatic heterocycles. The molecule has 1 atom stereocenters. The second-order valence-corrected chi connectivity index (χ2v) is 4.55. The van der Waals surface area contributed by atoms with E-state index in [1.165, 1.54) is 0 Å². The van der Waals surface area contributed by atoms with E-state index in [2.05, 4.69) is 11.9 Å². The van der Waals surface area contributed by atoms with E-state index < -0.39 is 6.10 Å². The van der Waals surface area contributed by atoms with Gasteiger partial charge in [0.1, 0.15) is 12.4 Å². The molecule has 0 bridgehead atoms. The van der Waals surface area contributed by atoms with Gasteiger partial charge in [0.2, 0.25) is 0 Å². The van der Waals surface area contributed by atoms with Gasteiger partial charge in [-0.3, -0.25) is 0 Å². The van der Waals surface area contributed by atoms with Crippen molar-refractivity contribution in [1.29, 1.82) is 0 Å². The van der Waals surface area contributed by atoms with Crippen LogP contribution in [0.4, 0.5) is 0 Å². The van der Waals surface area contributed by atoms with Crippen molar-refractivity contribution < 1.29 is 24.1 Å². The zero-order chi connectivity index (χ0) is 16.2. The number of methoxy groups -OCH3 is 2. The van der Waals surface area contributed by atoms with E-state index in [0.717, 1.165) is 0 Å². The van der Waals surface area contributed by atoms with Crippen molar-refractivity contribution in [3.8, 4) is 17.2 Å². The van der Waals surface area contributed by atoms with Gasteiger partial charge in [-0.05, 0) is 12.1 Å². The van der Waals surface area contributed by atoms with Crippen molar-refractivity contribution >= 4 is 0 Å². The smallest absolute Gasteiger partial charge is 0.164 e. The van der Waals surface area contributed by atoms with Gasteiger partial charge in [0.25, 0.3) is 0 Å². The van der Waals surface area contributed by atoms with E-state index in [0.29, 0.717) is 43.6 Å². The van der Waals surface area contributed by atoms with Crippen LogP contribution in [0.3, 0.4) is 0 Å². The molecule has 0 heterocycles. The molecule has 0 radical (unpaired) electrons. The molecule has 0 aliphatic rings. The average Bonchev–Trinajstić information content (AvgIpc) is 2.54. The molecule has 6 heteroatoms. The number of ether oxygens (including phenoxy) is 4. The first-order chi connectivity index (χ1) is 10.7. The number of hydrogen-bond acceptors (Lipinski definition) is 6. The highest BCUT2D eigenvalue weighted by atomic mass is 16.5. The molecular formula is C16H25NO5. The Morgan fingerprint density at radius 3 is 2.77 bits per heavy atom. The fourth-order valence-electron chi connectivity index (χ4n) is 1.74. The summed E-state index contributed by atoms with van der Waals surface area (Å²) in [5.74, 6) is 1.98. The largest absolute Gasteiger partial charge is 0.497 e. The Kier molecular flexibility index (Phi) is 9.06. The summed E-state index contributed by atoms with van der Waals surface area (Å²) in [6, 6.07) is 5.38. The molecular weight excluding hydrogens is 286 g/mol. The van der Waals surface area contributed by atoms with Crippen molar-refractivity contribution in [2.45, 2.75) is 6.10 Å². The first-order valence-electron chi connectivity index (χ1n) is 7.13. The van der Waals surface area contributed by atoms with Crippen LogP contribution in [0.25, 0.3) is 0 Å². The van der Waals surface area contributed by atoms with Gasteiger partial charge in [0, 0.05) is 19.2 Å². The molecule has 0 saturated heterocycles. The summed E-state index contributed by atoms with van der Waals surface area (Å²) in [4.78, 5) is 0. The molecule has 0 amide bonds. The number of hydrogen-bond donors (Lipinski definition) is 2. The molecule has 6 nitrogen and oxygen atoms in total. The summed E-state index contributed by atoms with van der Waals surface area (Å²) < 4.78 is 21.2. The molecule has 1 aromatic carbocycles. The normalized spacial score (nSPS) is 11.8. The number of aliphatic hydroxyl groups excluding tert-OH is 1. The van der Waals surface area contributed by atoms with E-state index in [1.807, 2.05) is 6.07 Å². The van der Waals surface area contributed by atoms with Gasteiger partial charge in [-0.25, -0.2) is 0 Å². The summed E-state index contributed by atoms with van der Waals surface area (Å²) in [5.41, 5.74) is 0. The summed E-state index contributed by atoms with van der Waals surface area (Å²) >= 11 is 0. The molecule has 0 fully saturated rings. The minimum absolute atomic E-state index is 0.281. The first kappa shape index (κ1) is 18.3. The van der Waals surface area contributed by atoms with Gasteiger partial charge < -0.3 is 29.4 Å². The molecule has 0 spiro atoms. The van der Waals surface area contributed by atoms with Gasteiger partial charge in [-0.2, -0.15) is 0 Å². The lowest BCUT2D eigenvalue weighted by molar-refractivity contribution is 0.0491. The first-order valence-corrected chi connectivity index (χ1v) is 7.13. The monoisotopic (exact) mass is 311 g/mol. The van der Waals surface area contributed by atoms with E-state index in [4.69, 9.17) is 18.9 Å². The lowest BCUT2D eigenvalue weighted by Crippen LogP contribution is -2.32. The number of rotatable bonds is 12. The molecule has 0 saturated carbocycles. The fraction of sp³-hybridized carbons (Fsp3) is 0.500. The van der Waals surface area contributed by atoms with Crippen LogP contribution in [-0.4, -0.2) is 58.3 Å². The third-order valence-corrected chi connectivity index (χ3v) is 2.83. The molecule has 22 heavy (non-hydrogen) atoms. The highest BCUT2D eigenvalue weighted by Crippen LogP contribution is 2.30. The highest BCUT2D eigenvalue weighted by molar-refractivity contribution is 5.45. The third-order valence-electron chi connectivity index (χ3n) is 2.83. The Morgan fingerprint density at radius 2 is 2.09 bits per heavy atom. The lowest BCUT2D eigenvalue weighted by atomic mass is 10.3. The molecule has 1 rings (SSSR count). The predicted octanol–water partition coefficient (Wildman–Crippen LogP) is 1.24. The minimum atomic E-state index is -0.550. The SMILES string of the molecule is C=CCOC[C@@H](O)CNCCOc1cc(OC)ccc1OC. The van der Waals surface area contributed by atoms with Crippen LogP contribution < -0.4 is 19.5 Å². The number of benzene rings is 1. The van der Waals surface area contributed by atoms with Gasteiger partial charge in [0.05, 0.1) is 33.5 Å². The van der Waals surface area contributed by atoms with E-state index in [-0.39, 0.29) is 6.61 Å². The van der Waals surface area contributed by atoms with Gasteiger partial charge in [-0.15, -0.1) is 6.58 Å². The Balaban J connectivity index is 2.25. The predicted molar refractivity (Wildman–Crippen MR) is 84.9 cm³/mol.